The van der Waals surface area contributed by atoms with Crippen LogP contribution in [0.15, 0.2) is 54.6 Å². The van der Waals surface area contributed by atoms with Gasteiger partial charge in [-0.3, -0.25) is 0 Å². The molecule has 2 N–H and O–H groups in total. The zero-order valence-corrected chi connectivity index (χ0v) is 10.2. The number of alkyl halides is 3. The minimum absolute atomic E-state index is 0.214. The van der Waals surface area contributed by atoms with Crippen molar-refractivity contribution in [2.45, 2.75) is 18.6 Å². The molecular weight excluding hydrogens is 251 g/mol. The summed E-state index contributed by atoms with van der Waals surface area (Å²) < 4.78 is 37.6. The summed E-state index contributed by atoms with van der Waals surface area (Å²) >= 11 is 0. The summed E-state index contributed by atoms with van der Waals surface area (Å²) in [7, 11) is 0. The lowest BCUT2D eigenvalue weighted by Gasteiger charge is -2.17. The average Bonchev–Trinajstić information content (AvgIpc) is 2.39. The maximum Gasteiger partial charge on any atom is 0.403 e. The second kappa shape index (κ2) is 5.45. The zero-order valence-electron chi connectivity index (χ0n) is 10.2. The maximum absolute atomic E-state index is 12.5. The van der Waals surface area contributed by atoms with E-state index in [4.69, 9.17) is 5.73 Å². The maximum atomic E-state index is 12.5. The van der Waals surface area contributed by atoms with Gasteiger partial charge in [0.25, 0.3) is 0 Å². The third-order valence-electron chi connectivity index (χ3n) is 2.96. The smallest absolute Gasteiger partial charge is 0.320 e. The van der Waals surface area contributed by atoms with Gasteiger partial charge in [0.1, 0.15) is 6.04 Å². The van der Waals surface area contributed by atoms with E-state index in [-0.39, 0.29) is 6.42 Å². The second-order valence-electron chi connectivity index (χ2n) is 4.38. The fourth-order valence-electron chi connectivity index (χ4n) is 1.95. The molecule has 19 heavy (non-hydrogen) atoms. The third-order valence-corrected chi connectivity index (χ3v) is 2.96. The summed E-state index contributed by atoms with van der Waals surface area (Å²) in [5.41, 5.74) is 7.50. The molecule has 0 aliphatic heterocycles. The summed E-state index contributed by atoms with van der Waals surface area (Å²) in [6.07, 6.45) is -4.58. The Morgan fingerprint density at radius 1 is 0.895 bits per heavy atom. The van der Waals surface area contributed by atoms with Gasteiger partial charge in [-0.05, 0) is 23.1 Å². The van der Waals surface area contributed by atoms with E-state index in [1.54, 1.807) is 12.1 Å². The third kappa shape index (κ3) is 3.35. The molecule has 0 fully saturated rings. The SMILES string of the molecule is NC(Cc1ccccc1-c1ccccc1)C(F)(F)F. The lowest BCUT2D eigenvalue weighted by atomic mass is 9.95. The molecule has 1 nitrogen and oxygen atoms in total. The molecule has 0 radical (unpaired) electrons. The highest BCUT2D eigenvalue weighted by Crippen LogP contribution is 2.27. The first kappa shape index (κ1) is 13.6. The first-order valence-electron chi connectivity index (χ1n) is 5.94. The van der Waals surface area contributed by atoms with E-state index in [0.29, 0.717) is 5.56 Å². The van der Waals surface area contributed by atoms with Gasteiger partial charge in [-0.15, -0.1) is 0 Å². The van der Waals surface area contributed by atoms with E-state index >= 15 is 0 Å². The molecule has 0 aliphatic rings. The molecule has 0 bridgehead atoms. The van der Waals surface area contributed by atoms with Crippen molar-refractivity contribution in [3.8, 4) is 11.1 Å². The van der Waals surface area contributed by atoms with Gasteiger partial charge >= 0.3 is 6.18 Å². The molecule has 2 aromatic carbocycles. The van der Waals surface area contributed by atoms with Gasteiger partial charge in [-0.25, -0.2) is 0 Å². The second-order valence-corrected chi connectivity index (χ2v) is 4.38. The van der Waals surface area contributed by atoms with Gasteiger partial charge in [-0.1, -0.05) is 54.6 Å². The van der Waals surface area contributed by atoms with E-state index in [1.165, 1.54) is 0 Å². The Morgan fingerprint density at radius 3 is 2.11 bits per heavy atom. The molecule has 1 atom stereocenters. The number of rotatable bonds is 3. The number of benzene rings is 2. The Kier molecular flexibility index (Phi) is 3.90. The van der Waals surface area contributed by atoms with Crippen LogP contribution in [0.5, 0.6) is 0 Å². The first-order valence-corrected chi connectivity index (χ1v) is 5.94. The van der Waals surface area contributed by atoms with E-state index in [9.17, 15) is 13.2 Å². The van der Waals surface area contributed by atoms with Crippen LogP contribution in [-0.2, 0) is 6.42 Å². The van der Waals surface area contributed by atoms with Crippen molar-refractivity contribution in [1.29, 1.82) is 0 Å². The highest BCUT2D eigenvalue weighted by Gasteiger charge is 2.36. The van der Waals surface area contributed by atoms with E-state index in [0.717, 1.165) is 11.1 Å². The average molecular weight is 265 g/mol. The van der Waals surface area contributed by atoms with Crippen molar-refractivity contribution in [2.24, 2.45) is 5.73 Å². The van der Waals surface area contributed by atoms with Gasteiger partial charge in [0.05, 0.1) is 0 Å². The van der Waals surface area contributed by atoms with Crippen LogP contribution in [0, 0.1) is 0 Å². The summed E-state index contributed by atoms with van der Waals surface area (Å²) in [5, 5.41) is 0. The summed E-state index contributed by atoms with van der Waals surface area (Å²) in [6.45, 7) is 0. The Hall–Kier alpha value is -1.81. The lowest BCUT2D eigenvalue weighted by Crippen LogP contribution is -2.39. The minimum atomic E-state index is -4.37. The fraction of sp³-hybridized carbons (Fsp3) is 0.200. The monoisotopic (exact) mass is 265 g/mol. The van der Waals surface area contributed by atoms with Crippen molar-refractivity contribution in [3.05, 3.63) is 60.2 Å². The molecule has 2 rings (SSSR count). The van der Waals surface area contributed by atoms with Crippen LogP contribution in [0.3, 0.4) is 0 Å². The standard InChI is InChI=1S/C15H14F3N/c16-15(17,18)14(19)10-12-8-4-5-9-13(12)11-6-2-1-3-7-11/h1-9,14H,10,19H2. The Bertz CT molecular complexity index is 535. The number of hydrogen-bond acceptors (Lipinski definition) is 1. The van der Waals surface area contributed by atoms with Crippen molar-refractivity contribution in [3.63, 3.8) is 0 Å². The van der Waals surface area contributed by atoms with E-state index in [1.807, 2.05) is 42.5 Å². The molecule has 0 amide bonds. The topological polar surface area (TPSA) is 26.0 Å². The van der Waals surface area contributed by atoms with Gasteiger partial charge in [0.15, 0.2) is 0 Å². The van der Waals surface area contributed by atoms with E-state index in [2.05, 4.69) is 0 Å². The molecule has 2 aromatic rings. The van der Waals surface area contributed by atoms with Gasteiger partial charge < -0.3 is 5.73 Å². The highest BCUT2D eigenvalue weighted by atomic mass is 19.4. The molecule has 0 aliphatic carbocycles. The molecular formula is C15H14F3N. The van der Waals surface area contributed by atoms with Gasteiger partial charge in [-0.2, -0.15) is 13.2 Å². The van der Waals surface area contributed by atoms with Gasteiger partial charge in [0, 0.05) is 0 Å². The van der Waals surface area contributed by atoms with E-state index < -0.39 is 12.2 Å². The molecule has 0 heterocycles. The summed E-state index contributed by atoms with van der Waals surface area (Å²) in [6, 6.07) is 14.5. The van der Waals surface area contributed by atoms with Crippen LogP contribution in [0.4, 0.5) is 13.2 Å². The molecule has 0 spiro atoms. The van der Waals surface area contributed by atoms with Crippen LogP contribution >= 0.6 is 0 Å². The zero-order chi connectivity index (χ0) is 13.9. The molecule has 4 heteroatoms. The molecule has 100 valence electrons. The number of nitrogens with two attached hydrogens (primary N) is 1. The van der Waals surface area contributed by atoms with Crippen LogP contribution < -0.4 is 5.73 Å². The Balaban J connectivity index is 2.32. The molecule has 0 saturated carbocycles. The van der Waals surface area contributed by atoms with Crippen molar-refractivity contribution in [2.75, 3.05) is 0 Å². The summed E-state index contributed by atoms with van der Waals surface area (Å²) in [5.74, 6) is 0. The first-order chi connectivity index (χ1) is 8.98. The number of halogens is 3. The number of hydrogen-bond donors (Lipinski definition) is 1. The fourth-order valence-corrected chi connectivity index (χ4v) is 1.95. The largest absolute Gasteiger partial charge is 0.403 e. The molecule has 0 aromatic heterocycles. The van der Waals surface area contributed by atoms with Crippen LogP contribution in [-0.4, -0.2) is 12.2 Å². The van der Waals surface area contributed by atoms with Crippen molar-refractivity contribution >= 4 is 0 Å². The summed E-state index contributed by atoms with van der Waals surface area (Å²) in [4.78, 5) is 0. The Labute approximate surface area is 109 Å². The predicted molar refractivity (Wildman–Crippen MR) is 69.6 cm³/mol. The minimum Gasteiger partial charge on any atom is -0.320 e. The Morgan fingerprint density at radius 2 is 1.47 bits per heavy atom. The molecule has 0 saturated heterocycles. The van der Waals surface area contributed by atoms with Crippen LogP contribution in [0.2, 0.25) is 0 Å². The molecule has 1 unspecified atom stereocenters. The van der Waals surface area contributed by atoms with Crippen molar-refractivity contribution < 1.29 is 13.2 Å². The van der Waals surface area contributed by atoms with Crippen LogP contribution in [0.1, 0.15) is 5.56 Å². The lowest BCUT2D eigenvalue weighted by molar-refractivity contribution is -0.147. The van der Waals surface area contributed by atoms with Crippen molar-refractivity contribution in [1.82, 2.24) is 0 Å². The van der Waals surface area contributed by atoms with Gasteiger partial charge in [0.2, 0.25) is 0 Å². The highest BCUT2D eigenvalue weighted by molar-refractivity contribution is 5.67. The quantitative estimate of drug-likeness (QED) is 0.897. The normalized spacial score (nSPS) is 13.3. The van der Waals surface area contributed by atoms with Crippen LogP contribution in [0.25, 0.3) is 11.1 Å². The predicted octanol–water partition coefficient (Wildman–Crippen LogP) is 3.79.